The molecule has 0 aliphatic heterocycles. The summed E-state index contributed by atoms with van der Waals surface area (Å²) in [4.78, 5) is 22.6. The molecule has 7 nitrogen and oxygen atoms in total. The number of hydrogen-bond donors (Lipinski definition) is 3. The van der Waals surface area contributed by atoms with Crippen molar-refractivity contribution in [3.8, 4) is 0 Å². The summed E-state index contributed by atoms with van der Waals surface area (Å²) in [6, 6.07) is 0. The molecule has 0 spiro atoms. The van der Waals surface area contributed by atoms with Gasteiger partial charge < -0.3 is 20.5 Å². The third-order valence-corrected chi connectivity index (χ3v) is 3.80. The molecule has 0 fully saturated rings. The number of hydrogen-bond acceptors (Lipinski definition) is 5. The largest absolute Gasteiger partial charge is 0.479 e. The Morgan fingerprint density at radius 3 is 2.65 bits per heavy atom. The van der Waals surface area contributed by atoms with Crippen molar-refractivity contribution >= 4 is 41.4 Å². The lowest BCUT2D eigenvalue weighted by Crippen LogP contribution is -2.54. The molecule has 0 rings (SSSR count). The molecule has 0 heterocycles. The van der Waals surface area contributed by atoms with E-state index in [9.17, 15) is 14.7 Å². The fourth-order valence-corrected chi connectivity index (χ4v) is 2.21. The summed E-state index contributed by atoms with van der Waals surface area (Å²) in [5.74, 6) is 0.360. The summed E-state index contributed by atoms with van der Waals surface area (Å²) in [5.41, 5.74) is -1.37. The maximum absolute atomic E-state index is 11.3. The second kappa shape index (κ2) is 9.71. The highest BCUT2D eigenvalue weighted by Crippen LogP contribution is 2.14. The first-order chi connectivity index (χ1) is 9.35. The van der Waals surface area contributed by atoms with E-state index in [2.05, 4.69) is 15.1 Å². The van der Waals surface area contributed by atoms with Gasteiger partial charge in [0.25, 0.3) is 0 Å². The normalized spacial score (nSPS) is 14.3. The van der Waals surface area contributed by atoms with Gasteiger partial charge in [0, 0.05) is 29.8 Å². The first kappa shape index (κ1) is 18.9. The van der Waals surface area contributed by atoms with Crippen LogP contribution in [0.3, 0.4) is 0 Å². The predicted octanol–water partition coefficient (Wildman–Crippen LogP) is 1.47. The number of thioether (sulfide) groups is 1. The fourth-order valence-electron chi connectivity index (χ4n) is 1.15. The molecule has 0 saturated carbocycles. The third kappa shape index (κ3) is 7.44. The molecule has 9 heteroatoms. The van der Waals surface area contributed by atoms with Crippen molar-refractivity contribution in [2.45, 2.75) is 26.3 Å². The Balaban J connectivity index is 4.20. The molecule has 1 amide bonds. The van der Waals surface area contributed by atoms with Crippen LogP contribution >= 0.6 is 23.5 Å². The van der Waals surface area contributed by atoms with E-state index in [0.717, 1.165) is 0 Å². The summed E-state index contributed by atoms with van der Waals surface area (Å²) < 4.78 is 8.12. The van der Waals surface area contributed by atoms with Gasteiger partial charge in [-0.1, -0.05) is 0 Å². The zero-order valence-electron chi connectivity index (χ0n) is 11.7. The van der Waals surface area contributed by atoms with E-state index in [1.54, 1.807) is 13.8 Å². The lowest BCUT2D eigenvalue weighted by atomic mass is 10.1. The van der Waals surface area contributed by atoms with Crippen LogP contribution in [0.15, 0.2) is 4.51 Å². The Labute approximate surface area is 127 Å². The second-order valence-electron chi connectivity index (χ2n) is 4.13. The highest BCUT2D eigenvalue weighted by Gasteiger charge is 2.35. The second-order valence-corrected chi connectivity index (χ2v) is 5.41. The molecule has 20 heavy (non-hydrogen) atoms. The van der Waals surface area contributed by atoms with E-state index in [4.69, 9.17) is 16.5 Å². The maximum Gasteiger partial charge on any atom is 0.408 e. The molecule has 0 aromatic carbocycles. The van der Waals surface area contributed by atoms with E-state index < -0.39 is 17.6 Å². The SMILES string of the molecule is CCOC(=O)NC(C)(CSCCN/C(C)=N\Cl)C(=O)O. The van der Waals surface area contributed by atoms with Gasteiger partial charge >= 0.3 is 12.1 Å². The van der Waals surface area contributed by atoms with Crippen molar-refractivity contribution in [3.05, 3.63) is 0 Å². The molecule has 3 N–H and O–H groups in total. The number of rotatable bonds is 8. The molecular weight excluding hydrogens is 306 g/mol. The zero-order chi connectivity index (χ0) is 15.6. The number of nitrogens with zero attached hydrogens (tertiary/aromatic N) is 1. The van der Waals surface area contributed by atoms with Gasteiger partial charge in [-0.3, -0.25) is 0 Å². The third-order valence-electron chi connectivity index (χ3n) is 2.27. The number of carbonyl (C=O) groups is 2. The number of nitrogens with one attached hydrogen (secondary N) is 2. The van der Waals surface area contributed by atoms with Gasteiger partial charge in [0.05, 0.1) is 6.61 Å². The fraction of sp³-hybridized carbons (Fsp3) is 0.727. The molecule has 0 aromatic heterocycles. The molecule has 0 aromatic rings. The standard InChI is InChI=1S/C11H20ClN3O4S/c1-4-19-10(18)14-11(3,9(16)17)7-20-6-5-13-8(2)15-12/h4-7H2,1-3H3,(H,13,15)(H,14,18)(H,16,17). The first-order valence-electron chi connectivity index (χ1n) is 6.01. The number of halogens is 1. The number of carboxylic acids is 1. The van der Waals surface area contributed by atoms with Crippen LogP contribution in [0.4, 0.5) is 4.79 Å². The van der Waals surface area contributed by atoms with E-state index in [-0.39, 0.29) is 12.4 Å². The van der Waals surface area contributed by atoms with Gasteiger partial charge in [0.1, 0.15) is 11.4 Å². The minimum Gasteiger partial charge on any atom is -0.479 e. The number of amides is 1. The highest BCUT2D eigenvalue weighted by molar-refractivity contribution is 7.99. The molecular formula is C11H20ClN3O4S. The van der Waals surface area contributed by atoms with Crippen LogP contribution in [0.25, 0.3) is 0 Å². The van der Waals surface area contributed by atoms with Crippen molar-refractivity contribution in [2.24, 2.45) is 4.51 Å². The van der Waals surface area contributed by atoms with Gasteiger partial charge in [-0.25, -0.2) is 9.59 Å². The monoisotopic (exact) mass is 325 g/mol. The van der Waals surface area contributed by atoms with Crippen LogP contribution in [0.5, 0.6) is 0 Å². The summed E-state index contributed by atoms with van der Waals surface area (Å²) in [7, 11) is 0. The van der Waals surface area contributed by atoms with Crippen molar-refractivity contribution < 1.29 is 19.4 Å². The van der Waals surface area contributed by atoms with Crippen LogP contribution in [-0.4, -0.2) is 53.2 Å². The van der Waals surface area contributed by atoms with E-state index in [1.165, 1.54) is 18.7 Å². The van der Waals surface area contributed by atoms with Gasteiger partial charge in [-0.2, -0.15) is 16.3 Å². The topological polar surface area (TPSA) is 100 Å². The zero-order valence-corrected chi connectivity index (χ0v) is 13.3. The van der Waals surface area contributed by atoms with Crippen LogP contribution in [0.1, 0.15) is 20.8 Å². The molecule has 116 valence electrons. The summed E-state index contributed by atoms with van der Waals surface area (Å²) in [5, 5.41) is 14.5. The Kier molecular flexibility index (Phi) is 9.15. The van der Waals surface area contributed by atoms with Crippen LogP contribution in [0.2, 0.25) is 0 Å². The van der Waals surface area contributed by atoms with Gasteiger partial charge in [0.2, 0.25) is 0 Å². The number of amidine groups is 1. The van der Waals surface area contributed by atoms with Crippen molar-refractivity contribution in [1.29, 1.82) is 0 Å². The highest BCUT2D eigenvalue weighted by atomic mass is 35.5. The van der Waals surface area contributed by atoms with Crippen LogP contribution < -0.4 is 10.6 Å². The van der Waals surface area contributed by atoms with E-state index in [0.29, 0.717) is 18.1 Å². The summed E-state index contributed by atoms with van der Waals surface area (Å²) in [6.07, 6.45) is -0.735. The van der Waals surface area contributed by atoms with Crippen molar-refractivity contribution in [3.63, 3.8) is 0 Å². The Morgan fingerprint density at radius 1 is 1.50 bits per heavy atom. The Morgan fingerprint density at radius 2 is 2.15 bits per heavy atom. The van der Waals surface area contributed by atoms with Crippen molar-refractivity contribution in [1.82, 2.24) is 10.6 Å². The molecule has 0 bridgehead atoms. The van der Waals surface area contributed by atoms with Gasteiger partial charge in [0.15, 0.2) is 0 Å². The molecule has 1 unspecified atom stereocenters. The lowest BCUT2D eigenvalue weighted by molar-refractivity contribution is -0.142. The molecule has 1 atom stereocenters. The first-order valence-corrected chi connectivity index (χ1v) is 7.50. The Hall–Kier alpha value is -1.15. The number of aliphatic carboxylic acids is 1. The maximum atomic E-state index is 11.3. The average Bonchev–Trinajstić information content (AvgIpc) is 2.37. The van der Waals surface area contributed by atoms with Crippen LogP contribution in [-0.2, 0) is 9.53 Å². The minimum atomic E-state index is -1.37. The summed E-state index contributed by atoms with van der Waals surface area (Å²) in [6.45, 7) is 5.61. The molecule has 0 aliphatic carbocycles. The molecule has 0 aliphatic rings. The number of alkyl carbamates (subject to hydrolysis) is 1. The van der Waals surface area contributed by atoms with Crippen LogP contribution in [0, 0.1) is 0 Å². The molecule has 0 radical (unpaired) electrons. The predicted molar refractivity (Wildman–Crippen MR) is 80.5 cm³/mol. The minimum absolute atomic E-state index is 0.190. The quantitative estimate of drug-likeness (QED) is 0.355. The lowest BCUT2D eigenvalue weighted by Gasteiger charge is -2.25. The van der Waals surface area contributed by atoms with E-state index in [1.807, 2.05) is 0 Å². The number of carboxylic acid groups (broad SMARTS) is 1. The van der Waals surface area contributed by atoms with Crippen molar-refractivity contribution in [2.75, 3.05) is 24.7 Å². The average molecular weight is 326 g/mol. The summed E-state index contributed by atoms with van der Waals surface area (Å²) >= 11 is 6.63. The van der Waals surface area contributed by atoms with Gasteiger partial charge in [-0.15, -0.1) is 0 Å². The van der Waals surface area contributed by atoms with E-state index >= 15 is 0 Å². The number of carbonyl (C=O) groups excluding carboxylic acids is 1. The number of ether oxygens (including phenoxy) is 1. The Bertz CT molecular complexity index is 368. The smallest absolute Gasteiger partial charge is 0.408 e. The molecule has 0 saturated heterocycles. The van der Waals surface area contributed by atoms with Gasteiger partial charge in [-0.05, 0) is 20.8 Å².